The zero-order valence-corrected chi connectivity index (χ0v) is 13.9. The molecule has 2 fully saturated rings. The molecule has 0 spiro atoms. The van der Waals surface area contributed by atoms with E-state index in [1.165, 1.54) is 25.7 Å². The van der Waals surface area contributed by atoms with Crippen LogP contribution in [0.15, 0.2) is 0 Å². The molecule has 0 radical (unpaired) electrons. The Morgan fingerprint density at radius 3 is 2.52 bits per heavy atom. The van der Waals surface area contributed by atoms with Gasteiger partial charge in [-0.15, -0.1) is 0 Å². The van der Waals surface area contributed by atoms with Crippen LogP contribution < -0.4 is 5.32 Å². The van der Waals surface area contributed by atoms with E-state index in [0.717, 1.165) is 13.0 Å². The average Bonchev–Trinajstić information content (AvgIpc) is 2.48. The number of hydrogen-bond acceptors (Lipinski definition) is 2. The lowest BCUT2D eigenvalue weighted by atomic mass is 9.79. The third-order valence-electron chi connectivity index (χ3n) is 5.63. The summed E-state index contributed by atoms with van der Waals surface area (Å²) in [7, 11) is 0. The van der Waals surface area contributed by atoms with Crippen LogP contribution in [0.25, 0.3) is 0 Å². The first-order valence-electron chi connectivity index (χ1n) is 8.56. The van der Waals surface area contributed by atoms with E-state index in [4.69, 9.17) is 0 Å². The fourth-order valence-corrected chi connectivity index (χ4v) is 3.63. The molecule has 21 heavy (non-hydrogen) atoms. The summed E-state index contributed by atoms with van der Waals surface area (Å²) in [6.07, 6.45) is 5.90. The Morgan fingerprint density at radius 2 is 1.90 bits per heavy atom. The Bertz CT molecular complexity index is 396. The first-order valence-corrected chi connectivity index (χ1v) is 8.56. The van der Waals surface area contributed by atoms with Gasteiger partial charge in [-0.1, -0.05) is 46.5 Å². The molecular weight excluding hydrogens is 264 g/mol. The minimum atomic E-state index is -0.336. The van der Waals surface area contributed by atoms with Crippen molar-refractivity contribution in [2.45, 2.75) is 71.9 Å². The van der Waals surface area contributed by atoms with Crippen LogP contribution in [-0.2, 0) is 9.59 Å². The van der Waals surface area contributed by atoms with Gasteiger partial charge in [0.1, 0.15) is 12.1 Å². The Hall–Kier alpha value is -1.06. The monoisotopic (exact) mass is 294 g/mol. The molecule has 1 N–H and O–H groups in total. The van der Waals surface area contributed by atoms with E-state index < -0.39 is 0 Å². The van der Waals surface area contributed by atoms with Crippen molar-refractivity contribution in [3.8, 4) is 0 Å². The van der Waals surface area contributed by atoms with Gasteiger partial charge in [0.25, 0.3) is 0 Å². The van der Waals surface area contributed by atoms with Crippen molar-refractivity contribution in [2.24, 2.45) is 17.8 Å². The van der Waals surface area contributed by atoms with Gasteiger partial charge in [0.05, 0.1) is 0 Å². The summed E-state index contributed by atoms with van der Waals surface area (Å²) in [6, 6.07) is -0.662. The second kappa shape index (κ2) is 6.80. The maximum Gasteiger partial charge on any atom is 0.246 e. The van der Waals surface area contributed by atoms with Crippen LogP contribution in [0, 0.1) is 17.8 Å². The summed E-state index contributed by atoms with van der Waals surface area (Å²) >= 11 is 0. The lowest BCUT2D eigenvalue weighted by Crippen LogP contribution is -2.64. The molecule has 1 heterocycles. The van der Waals surface area contributed by atoms with Crippen molar-refractivity contribution in [3.05, 3.63) is 0 Å². The standard InChI is InChI=1S/C17H30N2O2/c1-5-11(2)15-17(21)19(13(4)16(20)18-15)10-14-9-7-6-8-12(14)3/h11-15H,5-10H2,1-4H3,(H,18,20). The summed E-state index contributed by atoms with van der Waals surface area (Å²) in [4.78, 5) is 26.8. The lowest BCUT2D eigenvalue weighted by Gasteiger charge is -2.42. The van der Waals surface area contributed by atoms with Crippen LogP contribution in [0.2, 0.25) is 0 Å². The number of hydrogen-bond donors (Lipinski definition) is 1. The van der Waals surface area contributed by atoms with Gasteiger partial charge < -0.3 is 10.2 Å². The van der Waals surface area contributed by atoms with Gasteiger partial charge in [-0.25, -0.2) is 0 Å². The van der Waals surface area contributed by atoms with E-state index in [9.17, 15) is 9.59 Å². The Balaban J connectivity index is 2.11. The second-order valence-corrected chi connectivity index (χ2v) is 7.06. The van der Waals surface area contributed by atoms with E-state index in [-0.39, 0.29) is 29.8 Å². The molecule has 4 nitrogen and oxygen atoms in total. The molecule has 1 saturated carbocycles. The van der Waals surface area contributed by atoms with Crippen molar-refractivity contribution in [3.63, 3.8) is 0 Å². The highest BCUT2D eigenvalue weighted by Crippen LogP contribution is 2.31. The molecule has 0 aromatic heterocycles. The second-order valence-electron chi connectivity index (χ2n) is 7.06. The van der Waals surface area contributed by atoms with Gasteiger partial charge in [-0.05, 0) is 31.1 Å². The molecular formula is C17H30N2O2. The Kier molecular flexibility index (Phi) is 5.28. The molecule has 1 aliphatic heterocycles. The number of rotatable bonds is 4. The van der Waals surface area contributed by atoms with Crippen molar-refractivity contribution in [2.75, 3.05) is 6.54 Å². The lowest BCUT2D eigenvalue weighted by molar-refractivity contribution is -0.151. The highest BCUT2D eigenvalue weighted by atomic mass is 16.2. The van der Waals surface area contributed by atoms with Crippen LogP contribution in [0.4, 0.5) is 0 Å². The summed E-state index contributed by atoms with van der Waals surface area (Å²) in [5, 5.41) is 2.91. The van der Waals surface area contributed by atoms with Crippen LogP contribution in [-0.4, -0.2) is 35.3 Å². The predicted molar refractivity (Wildman–Crippen MR) is 83.7 cm³/mol. The fraction of sp³-hybridized carbons (Fsp3) is 0.882. The van der Waals surface area contributed by atoms with Crippen molar-refractivity contribution < 1.29 is 9.59 Å². The van der Waals surface area contributed by atoms with Gasteiger partial charge in [0, 0.05) is 6.54 Å². The number of amides is 2. The molecule has 2 amide bonds. The largest absolute Gasteiger partial charge is 0.342 e. The molecule has 1 saturated heterocycles. The molecule has 0 bridgehead atoms. The minimum Gasteiger partial charge on any atom is -0.342 e. The quantitative estimate of drug-likeness (QED) is 0.866. The van der Waals surface area contributed by atoms with E-state index in [0.29, 0.717) is 11.8 Å². The molecule has 120 valence electrons. The van der Waals surface area contributed by atoms with Gasteiger partial charge in [-0.3, -0.25) is 9.59 Å². The minimum absolute atomic E-state index is 0.00311. The first kappa shape index (κ1) is 16.3. The van der Waals surface area contributed by atoms with Crippen LogP contribution in [0.3, 0.4) is 0 Å². The maximum atomic E-state index is 12.8. The Labute approximate surface area is 128 Å². The van der Waals surface area contributed by atoms with Crippen LogP contribution in [0.1, 0.15) is 59.8 Å². The van der Waals surface area contributed by atoms with Gasteiger partial charge in [-0.2, -0.15) is 0 Å². The SMILES string of the molecule is CCC(C)C1NC(=O)C(C)N(CC2CCCCC2C)C1=O. The number of piperazine rings is 1. The van der Waals surface area contributed by atoms with Crippen molar-refractivity contribution in [1.82, 2.24) is 10.2 Å². The molecule has 1 aliphatic carbocycles. The number of carbonyl (C=O) groups excluding carboxylic acids is 2. The molecule has 0 aromatic rings. The van der Waals surface area contributed by atoms with E-state index in [1.807, 2.05) is 18.7 Å². The third kappa shape index (κ3) is 3.41. The summed E-state index contributed by atoms with van der Waals surface area (Å²) < 4.78 is 0. The summed E-state index contributed by atoms with van der Waals surface area (Å²) in [6.45, 7) is 9.00. The zero-order chi connectivity index (χ0) is 15.6. The molecule has 2 rings (SSSR count). The predicted octanol–water partition coefficient (Wildman–Crippen LogP) is 2.57. The Morgan fingerprint density at radius 1 is 1.24 bits per heavy atom. The summed E-state index contributed by atoms with van der Waals surface area (Å²) in [5.74, 6) is 1.53. The van der Waals surface area contributed by atoms with Gasteiger partial charge >= 0.3 is 0 Å². The highest BCUT2D eigenvalue weighted by Gasteiger charge is 2.41. The topological polar surface area (TPSA) is 49.4 Å². The average molecular weight is 294 g/mol. The highest BCUT2D eigenvalue weighted by molar-refractivity contribution is 5.96. The molecule has 4 heteroatoms. The normalized spacial score (nSPS) is 35.5. The van der Waals surface area contributed by atoms with Gasteiger partial charge in [0.2, 0.25) is 11.8 Å². The zero-order valence-electron chi connectivity index (χ0n) is 13.9. The third-order valence-corrected chi connectivity index (χ3v) is 5.63. The number of nitrogens with zero attached hydrogens (tertiary/aromatic N) is 1. The van der Waals surface area contributed by atoms with Crippen LogP contribution >= 0.6 is 0 Å². The number of nitrogens with one attached hydrogen (secondary N) is 1. The molecule has 5 atom stereocenters. The smallest absolute Gasteiger partial charge is 0.246 e. The molecule has 5 unspecified atom stereocenters. The van der Waals surface area contributed by atoms with E-state index >= 15 is 0 Å². The first-order chi connectivity index (χ1) is 9.95. The summed E-state index contributed by atoms with van der Waals surface area (Å²) in [5.41, 5.74) is 0. The van der Waals surface area contributed by atoms with E-state index in [1.54, 1.807) is 0 Å². The van der Waals surface area contributed by atoms with Crippen molar-refractivity contribution in [1.29, 1.82) is 0 Å². The van der Waals surface area contributed by atoms with Crippen LogP contribution in [0.5, 0.6) is 0 Å². The fourth-order valence-electron chi connectivity index (χ4n) is 3.63. The number of carbonyl (C=O) groups is 2. The maximum absolute atomic E-state index is 12.8. The van der Waals surface area contributed by atoms with E-state index in [2.05, 4.69) is 19.2 Å². The van der Waals surface area contributed by atoms with Crippen molar-refractivity contribution >= 4 is 11.8 Å². The van der Waals surface area contributed by atoms with Gasteiger partial charge in [0.15, 0.2) is 0 Å². The molecule has 2 aliphatic rings. The molecule has 0 aromatic carbocycles.